The van der Waals surface area contributed by atoms with Crippen LogP contribution >= 0.6 is 11.6 Å². The van der Waals surface area contributed by atoms with E-state index >= 15 is 0 Å². The number of hydrogen-bond acceptors (Lipinski definition) is 6. The molecule has 38 heavy (non-hydrogen) atoms. The highest BCUT2D eigenvalue weighted by Gasteiger charge is 2.45. The Kier molecular flexibility index (Phi) is 6.41. The van der Waals surface area contributed by atoms with Gasteiger partial charge in [-0.3, -0.25) is 9.59 Å². The standard InChI is InChI=1S/C29H25ClFN3O4/c1-28(27(32)36)15-38-25-21(28)14-23(34-24(25)16-3-6-19(31)7-4-16)29(2,37)11-9-22(35)18-5-8-20-17(13-18)10-12-33-26(20)30/h3-8,10,12-14,37H,9,11,15H2,1-2H3,(H2,32,36)/t28-,29-/m0/s1. The van der Waals surface area contributed by atoms with Gasteiger partial charge in [0.1, 0.15) is 40.0 Å². The molecule has 0 aliphatic carbocycles. The van der Waals surface area contributed by atoms with Crippen molar-refractivity contribution in [2.45, 2.75) is 37.7 Å². The van der Waals surface area contributed by atoms with Crippen molar-refractivity contribution in [2.75, 3.05) is 6.61 Å². The molecular weight excluding hydrogens is 509 g/mol. The van der Waals surface area contributed by atoms with Crippen LogP contribution < -0.4 is 10.5 Å². The molecule has 3 N–H and O–H groups in total. The molecule has 0 radical (unpaired) electrons. The lowest BCUT2D eigenvalue weighted by molar-refractivity contribution is -0.123. The number of benzene rings is 2. The lowest BCUT2D eigenvalue weighted by atomic mass is 9.81. The van der Waals surface area contributed by atoms with Crippen LogP contribution in [0.4, 0.5) is 4.39 Å². The average molecular weight is 534 g/mol. The van der Waals surface area contributed by atoms with Gasteiger partial charge in [-0.15, -0.1) is 0 Å². The maximum atomic E-state index is 13.6. The number of nitrogens with zero attached hydrogens (tertiary/aromatic N) is 2. The first kappa shape index (κ1) is 25.8. The number of aliphatic hydroxyl groups is 1. The maximum absolute atomic E-state index is 13.6. The molecule has 0 bridgehead atoms. The van der Waals surface area contributed by atoms with Crippen molar-refractivity contribution in [2.24, 2.45) is 5.73 Å². The summed E-state index contributed by atoms with van der Waals surface area (Å²) in [6, 6.07) is 14.2. The van der Waals surface area contributed by atoms with Crippen LogP contribution in [0.1, 0.15) is 48.3 Å². The molecule has 0 unspecified atom stereocenters. The van der Waals surface area contributed by atoms with Crippen LogP contribution in [0.15, 0.2) is 60.8 Å². The van der Waals surface area contributed by atoms with Crippen molar-refractivity contribution in [3.8, 4) is 17.0 Å². The second-order valence-electron chi connectivity index (χ2n) is 9.96. The van der Waals surface area contributed by atoms with Gasteiger partial charge in [0, 0.05) is 34.7 Å². The molecule has 3 heterocycles. The molecule has 0 spiro atoms. The number of fused-ring (bicyclic) bond motifs is 2. The fourth-order valence-corrected chi connectivity index (χ4v) is 4.84. The zero-order valence-corrected chi connectivity index (χ0v) is 21.6. The van der Waals surface area contributed by atoms with Gasteiger partial charge in [-0.2, -0.15) is 0 Å². The smallest absolute Gasteiger partial charge is 0.231 e. The molecule has 7 nitrogen and oxygen atoms in total. The number of nitrogens with two attached hydrogens (primary N) is 1. The van der Waals surface area contributed by atoms with Crippen molar-refractivity contribution in [1.29, 1.82) is 0 Å². The van der Waals surface area contributed by atoms with E-state index in [4.69, 9.17) is 22.1 Å². The summed E-state index contributed by atoms with van der Waals surface area (Å²) in [4.78, 5) is 34.1. The zero-order chi connectivity index (χ0) is 27.2. The molecule has 2 aromatic carbocycles. The number of ketones is 1. The highest BCUT2D eigenvalue weighted by Crippen LogP contribution is 2.46. The van der Waals surface area contributed by atoms with Crippen LogP contribution in [-0.4, -0.2) is 33.4 Å². The van der Waals surface area contributed by atoms with E-state index in [0.717, 1.165) is 10.8 Å². The summed E-state index contributed by atoms with van der Waals surface area (Å²) < 4.78 is 19.5. The Labute approximate surface area is 223 Å². The fourth-order valence-electron chi connectivity index (χ4n) is 4.61. The number of carbonyl (C=O) groups is 2. The number of pyridine rings is 2. The monoisotopic (exact) mass is 533 g/mol. The molecule has 2 atom stereocenters. The van der Waals surface area contributed by atoms with Gasteiger partial charge in [0.25, 0.3) is 0 Å². The van der Waals surface area contributed by atoms with E-state index in [1.807, 2.05) is 0 Å². The summed E-state index contributed by atoms with van der Waals surface area (Å²) in [5.41, 5.74) is 5.16. The molecule has 1 aliphatic rings. The number of amides is 1. The average Bonchev–Trinajstić information content (AvgIpc) is 3.25. The number of primary amides is 1. The molecule has 1 aliphatic heterocycles. The minimum atomic E-state index is -1.54. The van der Waals surface area contributed by atoms with Crippen molar-refractivity contribution in [3.05, 3.63) is 88.6 Å². The van der Waals surface area contributed by atoms with Gasteiger partial charge in [0.15, 0.2) is 5.78 Å². The number of ether oxygens (including phenoxy) is 1. The molecule has 4 aromatic rings. The van der Waals surface area contributed by atoms with Gasteiger partial charge in [0.2, 0.25) is 5.91 Å². The maximum Gasteiger partial charge on any atom is 0.231 e. The van der Waals surface area contributed by atoms with Crippen molar-refractivity contribution >= 4 is 34.1 Å². The van der Waals surface area contributed by atoms with E-state index in [2.05, 4.69) is 9.97 Å². The molecule has 9 heteroatoms. The molecule has 194 valence electrons. The number of rotatable bonds is 7. The lowest BCUT2D eigenvalue weighted by Gasteiger charge is -2.26. The fraction of sp³-hybridized carbons (Fsp3) is 0.241. The van der Waals surface area contributed by atoms with Crippen LogP contribution in [0.2, 0.25) is 5.15 Å². The quantitative estimate of drug-likeness (QED) is 0.252. The van der Waals surface area contributed by atoms with E-state index in [-0.39, 0.29) is 30.9 Å². The van der Waals surface area contributed by atoms with E-state index in [9.17, 15) is 19.1 Å². The second-order valence-corrected chi connectivity index (χ2v) is 10.3. The molecule has 0 saturated carbocycles. The van der Waals surface area contributed by atoms with Crippen molar-refractivity contribution < 1.29 is 23.8 Å². The highest BCUT2D eigenvalue weighted by atomic mass is 35.5. The molecule has 0 saturated heterocycles. The Morgan fingerprint density at radius 3 is 2.63 bits per heavy atom. The number of Topliss-reactive ketones (excluding diaryl/α,β-unsaturated/α-hetero) is 1. The predicted octanol–water partition coefficient (Wildman–Crippen LogP) is 5.10. The Morgan fingerprint density at radius 2 is 1.92 bits per heavy atom. The topological polar surface area (TPSA) is 115 Å². The normalized spacial score (nSPS) is 18.0. The number of halogens is 2. The van der Waals surface area contributed by atoms with Crippen molar-refractivity contribution in [1.82, 2.24) is 9.97 Å². The highest BCUT2D eigenvalue weighted by molar-refractivity contribution is 6.34. The lowest BCUT2D eigenvalue weighted by Crippen LogP contribution is -2.40. The van der Waals surface area contributed by atoms with Crippen molar-refractivity contribution in [3.63, 3.8) is 0 Å². The first-order chi connectivity index (χ1) is 18.0. The summed E-state index contributed by atoms with van der Waals surface area (Å²) in [5.74, 6) is -0.801. The number of aromatic nitrogens is 2. The summed E-state index contributed by atoms with van der Waals surface area (Å²) >= 11 is 6.13. The molecule has 1 amide bonds. The Hall–Kier alpha value is -3.88. The van der Waals surface area contributed by atoms with Crippen LogP contribution in [0, 0.1) is 5.82 Å². The number of hydrogen-bond donors (Lipinski definition) is 2. The summed E-state index contributed by atoms with van der Waals surface area (Å²) in [7, 11) is 0. The molecule has 5 rings (SSSR count). The third-order valence-electron chi connectivity index (χ3n) is 7.16. The van der Waals surface area contributed by atoms with Gasteiger partial charge >= 0.3 is 0 Å². The first-order valence-electron chi connectivity index (χ1n) is 12.0. The van der Waals surface area contributed by atoms with E-state index < -0.39 is 22.7 Å². The van der Waals surface area contributed by atoms with E-state index in [1.54, 1.807) is 62.5 Å². The van der Waals surface area contributed by atoms with Gasteiger partial charge < -0.3 is 15.6 Å². The van der Waals surface area contributed by atoms with Gasteiger partial charge in [0.05, 0.1) is 5.69 Å². The first-order valence-corrected chi connectivity index (χ1v) is 12.4. The third-order valence-corrected chi connectivity index (χ3v) is 7.46. The van der Waals surface area contributed by atoms with Crippen LogP contribution in [0.25, 0.3) is 22.0 Å². The Morgan fingerprint density at radius 1 is 1.18 bits per heavy atom. The Balaban J connectivity index is 1.48. The van der Waals surface area contributed by atoms with Gasteiger partial charge in [-0.05, 0) is 68.1 Å². The predicted molar refractivity (Wildman–Crippen MR) is 142 cm³/mol. The molecule has 2 aromatic heterocycles. The summed E-state index contributed by atoms with van der Waals surface area (Å²) in [6.45, 7) is 3.24. The minimum Gasteiger partial charge on any atom is -0.489 e. The van der Waals surface area contributed by atoms with Crippen LogP contribution in [0.3, 0.4) is 0 Å². The minimum absolute atomic E-state index is 0.0130. The van der Waals surface area contributed by atoms with Crippen LogP contribution in [0.5, 0.6) is 5.75 Å². The summed E-state index contributed by atoms with van der Waals surface area (Å²) in [5, 5.41) is 13.4. The largest absolute Gasteiger partial charge is 0.489 e. The van der Waals surface area contributed by atoms with Gasteiger partial charge in [-0.1, -0.05) is 23.7 Å². The van der Waals surface area contributed by atoms with Gasteiger partial charge in [-0.25, -0.2) is 14.4 Å². The second kappa shape index (κ2) is 9.45. The van der Waals surface area contributed by atoms with E-state index in [1.165, 1.54) is 12.1 Å². The SMILES string of the molecule is C[C@](O)(CCC(=O)c1ccc2c(Cl)nccc2c1)c1cc2c(c(-c3ccc(F)cc3)n1)OC[C@]2(C)C(N)=O. The third kappa shape index (κ3) is 4.50. The van der Waals surface area contributed by atoms with Crippen LogP contribution in [-0.2, 0) is 15.8 Å². The number of carbonyl (C=O) groups excluding carboxylic acids is 2. The molecular formula is C29H25ClFN3O4. The summed E-state index contributed by atoms with van der Waals surface area (Å²) in [6.07, 6.45) is 1.67. The van der Waals surface area contributed by atoms with E-state index in [0.29, 0.717) is 33.3 Å². The Bertz CT molecular complexity index is 1590. The molecule has 0 fully saturated rings. The zero-order valence-electron chi connectivity index (χ0n) is 20.8.